The van der Waals surface area contributed by atoms with Crippen LogP contribution >= 0.6 is 11.8 Å². The Morgan fingerprint density at radius 2 is 2.05 bits per heavy atom. The van der Waals surface area contributed by atoms with Crippen LogP contribution in [-0.2, 0) is 5.41 Å². The lowest BCUT2D eigenvalue weighted by atomic mass is 9.86. The number of nitrogens with zero attached hydrogens (tertiary/aromatic N) is 1. The van der Waals surface area contributed by atoms with Gasteiger partial charge in [-0.3, -0.25) is 0 Å². The zero-order chi connectivity index (χ0) is 16.5. The van der Waals surface area contributed by atoms with Crippen LogP contribution in [0.1, 0.15) is 38.8 Å². The van der Waals surface area contributed by atoms with Gasteiger partial charge in [0.2, 0.25) is 0 Å². The molecular weight excluding hydrogens is 298 g/mol. The van der Waals surface area contributed by atoms with E-state index in [9.17, 15) is 4.79 Å². The number of thioether (sulfide) groups is 1. The summed E-state index contributed by atoms with van der Waals surface area (Å²) in [5.74, 6) is 1.14. The van der Waals surface area contributed by atoms with E-state index >= 15 is 0 Å². The van der Waals surface area contributed by atoms with Gasteiger partial charge in [0, 0.05) is 10.9 Å². The Bertz CT molecular complexity index is 720. The lowest BCUT2D eigenvalue weighted by molar-refractivity contribution is 0.142. The molecule has 0 aliphatic heterocycles. The first-order valence-corrected chi connectivity index (χ1v) is 8.21. The Morgan fingerprint density at radius 3 is 2.59 bits per heavy atom. The highest BCUT2D eigenvalue weighted by Crippen LogP contribution is 2.36. The van der Waals surface area contributed by atoms with Crippen LogP contribution in [0.4, 0.5) is 4.79 Å². The third-order valence-corrected chi connectivity index (χ3v) is 4.33. The quantitative estimate of drug-likeness (QED) is 0.636. The third-order valence-electron chi connectivity index (χ3n) is 3.50. The SMILES string of the molecule is CCSc1nc2cc(C(C)(C)C)ccc2c(C)c1OC(=O)O. The number of fused-ring (bicyclic) bond motifs is 1. The minimum Gasteiger partial charge on any atom is -0.449 e. The molecule has 118 valence electrons. The molecule has 5 heteroatoms. The van der Waals surface area contributed by atoms with Crippen LogP contribution in [0.25, 0.3) is 10.9 Å². The fourth-order valence-corrected chi connectivity index (χ4v) is 3.05. The maximum Gasteiger partial charge on any atom is 0.511 e. The van der Waals surface area contributed by atoms with E-state index in [1.54, 1.807) is 0 Å². The number of carboxylic acid groups (broad SMARTS) is 1. The second-order valence-corrected chi connectivity index (χ2v) is 7.41. The van der Waals surface area contributed by atoms with Gasteiger partial charge in [0.15, 0.2) is 5.75 Å². The average molecular weight is 319 g/mol. The van der Waals surface area contributed by atoms with Crippen LogP contribution in [-0.4, -0.2) is 22.0 Å². The Hall–Kier alpha value is -1.75. The summed E-state index contributed by atoms with van der Waals surface area (Å²) in [4.78, 5) is 15.6. The maximum atomic E-state index is 10.9. The minimum absolute atomic E-state index is 0.0398. The van der Waals surface area contributed by atoms with Crippen molar-refractivity contribution in [3.05, 3.63) is 29.3 Å². The normalized spacial score (nSPS) is 11.7. The van der Waals surface area contributed by atoms with Crippen molar-refractivity contribution >= 4 is 28.8 Å². The van der Waals surface area contributed by atoms with Gasteiger partial charge in [0.1, 0.15) is 5.03 Å². The largest absolute Gasteiger partial charge is 0.511 e. The first-order valence-electron chi connectivity index (χ1n) is 7.22. The predicted molar refractivity (Wildman–Crippen MR) is 90.2 cm³/mol. The summed E-state index contributed by atoms with van der Waals surface area (Å²) < 4.78 is 4.97. The van der Waals surface area contributed by atoms with Crippen molar-refractivity contribution in [1.29, 1.82) is 0 Å². The van der Waals surface area contributed by atoms with E-state index in [1.165, 1.54) is 17.3 Å². The summed E-state index contributed by atoms with van der Waals surface area (Å²) in [5.41, 5.74) is 2.92. The Labute approximate surface area is 134 Å². The summed E-state index contributed by atoms with van der Waals surface area (Å²) in [6, 6.07) is 6.13. The molecule has 0 saturated heterocycles. The maximum absolute atomic E-state index is 10.9. The van der Waals surface area contributed by atoms with Crippen LogP contribution in [0.3, 0.4) is 0 Å². The number of aromatic nitrogens is 1. The van der Waals surface area contributed by atoms with Crippen molar-refractivity contribution < 1.29 is 14.6 Å². The lowest BCUT2D eigenvalue weighted by Crippen LogP contribution is -2.11. The molecule has 1 aromatic heterocycles. The zero-order valence-electron chi connectivity index (χ0n) is 13.6. The standard InChI is InChI=1S/C17H21NO3S/c1-6-22-15-14(21-16(19)20)10(2)12-8-7-11(17(3,4)5)9-13(12)18-15/h7-9H,6H2,1-5H3,(H,19,20). The molecule has 0 radical (unpaired) electrons. The van der Waals surface area contributed by atoms with Crippen molar-refractivity contribution in [3.8, 4) is 5.75 Å². The van der Waals surface area contributed by atoms with Gasteiger partial charge in [-0.05, 0) is 29.7 Å². The van der Waals surface area contributed by atoms with E-state index in [0.717, 1.165) is 22.2 Å². The van der Waals surface area contributed by atoms with Gasteiger partial charge >= 0.3 is 6.16 Å². The Balaban J connectivity index is 2.69. The van der Waals surface area contributed by atoms with Gasteiger partial charge in [-0.1, -0.05) is 39.8 Å². The fourth-order valence-electron chi connectivity index (χ4n) is 2.29. The molecule has 0 amide bonds. The number of carbonyl (C=O) groups is 1. The van der Waals surface area contributed by atoms with Crippen LogP contribution < -0.4 is 4.74 Å². The molecule has 0 spiro atoms. The summed E-state index contributed by atoms with van der Waals surface area (Å²) in [5, 5.41) is 10.5. The molecule has 0 aliphatic carbocycles. The number of aryl methyl sites for hydroxylation is 1. The molecule has 0 bridgehead atoms. The van der Waals surface area contributed by atoms with Crippen molar-refractivity contribution in [2.45, 2.75) is 45.1 Å². The lowest BCUT2D eigenvalue weighted by Gasteiger charge is -2.20. The smallest absolute Gasteiger partial charge is 0.449 e. The monoisotopic (exact) mass is 319 g/mol. The van der Waals surface area contributed by atoms with Gasteiger partial charge in [-0.25, -0.2) is 9.78 Å². The summed E-state index contributed by atoms with van der Waals surface area (Å²) in [6.45, 7) is 10.3. The van der Waals surface area contributed by atoms with Gasteiger partial charge in [0.05, 0.1) is 5.52 Å². The topological polar surface area (TPSA) is 59.4 Å². The van der Waals surface area contributed by atoms with E-state index in [2.05, 4.69) is 37.9 Å². The highest BCUT2D eigenvalue weighted by Gasteiger charge is 2.19. The number of ether oxygens (including phenoxy) is 1. The summed E-state index contributed by atoms with van der Waals surface area (Å²) in [7, 11) is 0. The summed E-state index contributed by atoms with van der Waals surface area (Å²) >= 11 is 1.49. The molecule has 0 fully saturated rings. The van der Waals surface area contributed by atoms with Crippen molar-refractivity contribution in [3.63, 3.8) is 0 Å². The Morgan fingerprint density at radius 1 is 1.36 bits per heavy atom. The number of benzene rings is 1. The van der Waals surface area contributed by atoms with E-state index in [0.29, 0.717) is 10.8 Å². The highest BCUT2D eigenvalue weighted by molar-refractivity contribution is 7.99. The van der Waals surface area contributed by atoms with Gasteiger partial charge in [-0.2, -0.15) is 0 Å². The van der Waals surface area contributed by atoms with E-state index < -0.39 is 6.16 Å². The number of pyridine rings is 1. The zero-order valence-corrected chi connectivity index (χ0v) is 14.4. The summed E-state index contributed by atoms with van der Waals surface area (Å²) in [6.07, 6.45) is -1.31. The van der Waals surface area contributed by atoms with E-state index in [-0.39, 0.29) is 5.41 Å². The Kier molecular flexibility index (Phi) is 4.66. The van der Waals surface area contributed by atoms with Crippen molar-refractivity contribution in [1.82, 2.24) is 4.98 Å². The van der Waals surface area contributed by atoms with Crippen LogP contribution in [0.15, 0.2) is 23.2 Å². The molecule has 2 aromatic rings. The number of rotatable bonds is 3. The van der Waals surface area contributed by atoms with Crippen molar-refractivity contribution in [2.75, 3.05) is 5.75 Å². The van der Waals surface area contributed by atoms with Gasteiger partial charge < -0.3 is 9.84 Å². The highest BCUT2D eigenvalue weighted by atomic mass is 32.2. The third kappa shape index (κ3) is 3.35. The molecule has 2 rings (SSSR count). The molecule has 4 nitrogen and oxygen atoms in total. The molecule has 0 atom stereocenters. The molecule has 0 aliphatic rings. The molecule has 22 heavy (non-hydrogen) atoms. The van der Waals surface area contributed by atoms with Crippen LogP contribution in [0.5, 0.6) is 5.75 Å². The van der Waals surface area contributed by atoms with E-state index in [4.69, 9.17) is 9.84 Å². The first kappa shape index (κ1) is 16.6. The second kappa shape index (κ2) is 6.16. The van der Waals surface area contributed by atoms with E-state index in [1.807, 2.05) is 19.9 Å². The van der Waals surface area contributed by atoms with Crippen LogP contribution in [0, 0.1) is 6.92 Å². The molecule has 0 saturated carbocycles. The number of hydrogen-bond donors (Lipinski definition) is 1. The average Bonchev–Trinajstić information content (AvgIpc) is 2.41. The fraction of sp³-hybridized carbons (Fsp3) is 0.412. The van der Waals surface area contributed by atoms with Gasteiger partial charge in [0.25, 0.3) is 0 Å². The predicted octanol–water partition coefficient (Wildman–Crippen LogP) is 5.01. The van der Waals surface area contributed by atoms with Crippen LogP contribution in [0.2, 0.25) is 0 Å². The molecule has 1 N–H and O–H groups in total. The molecule has 0 unspecified atom stereocenters. The number of hydrogen-bond acceptors (Lipinski definition) is 4. The second-order valence-electron chi connectivity index (χ2n) is 6.15. The molecular formula is C17H21NO3S. The van der Waals surface area contributed by atoms with Crippen molar-refractivity contribution in [2.24, 2.45) is 0 Å². The minimum atomic E-state index is -1.31. The first-order chi connectivity index (χ1) is 10.2. The molecule has 1 aromatic carbocycles. The van der Waals surface area contributed by atoms with Gasteiger partial charge in [-0.15, -0.1) is 11.8 Å². The molecule has 1 heterocycles.